The standard InChI is InChI=1S/C17H23Cl2N3O3/c1-12(23)20-10-5-3-4-9-16(25)22(2)11-15(24)21-17-13(18)7-6-8-14(17)19/h6-8H,3-5,9-11H2,1-2H3,(H,20,23)(H,21,24). The van der Waals surface area contributed by atoms with Crippen molar-refractivity contribution in [2.24, 2.45) is 0 Å². The summed E-state index contributed by atoms with van der Waals surface area (Å²) in [5, 5.41) is 6.01. The van der Waals surface area contributed by atoms with Crippen molar-refractivity contribution in [2.45, 2.75) is 32.6 Å². The second-order valence-corrected chi connectivity index (χ2v) is 6.50. The first-order valence-corrected chi connectivity index (χ1v) is 8.79. The summed E-state index contributed by atoms with van der Waals surface area (Å²) in [5.41, 5.74) is 0.342. The molecule has 0 atom stereocenters. The molecule has 25 heavy (non-hydrogen) atoms. The summed E-state index contributed by atoms with van der Waals surface area (Å²) in [6, 6.07) is 4.93. The molecule has 0 unspecified atom stereocenters. The fourth-order valence-electron chi connectivity index (χ4n) is 2.13. The minimum atomic E-state index is -0.364. The van der Waals surface area contributed by atoms with Crippen LogP contribution in [0, 0.1) is 0 Å². The average molecular weight is 388 g/mol. The molecule has 0 bridgehead atoms. The third-order valence-electron chi connectivity index (χ3n) is 3.48. The Labute approximate surface area is 157 Å². The maximum absolute atomic E-state index is 12.0. The van der Waals surface area contributed by atoms with Crippen molar-refractivity contribution in [3.05, 3.63) is 28.2 Å². The number of nitrogens with one attached hydrogen (secondary N) is 2. The lowest BCUT2D eigenvalue weighted by Gasteiger charge is -2.17. The molecule has 3 amide bonds. The molecule has 0 aliphatic heterocycles. The summed E-state index contributed by atoms with van der Waals surface area (Å²) in [4.78, 5) is 36.2. The number of amides is 3. The number of likely N-dealkylation sites (N-methyl/N-ethyl adjacent to an activating group) is 1. The van der Waals surface area contributed by atoms with Crippen LogP contribution in [0.25, 0.3) is 0 Å². The van der Waals surface area contributed by atoms with Crippen LogP contribution in [0.5, 0.6) is 0 Å². The van der Waals surface area contributed by atoms with Crippen molar-refractivity contribution < 1.29 is 14.4 Å². The Bertz CT molecular complexity index is 603. The van der Waals surface area contributed by atoms with Crippen molar-refractivity contribution in [3.63, 3.8) is 0 Å². The fourth-order valence-corrected chi connectivity index (χ4v) is 2.62. The zero-order valence-corrected chi connectivity index (χ0v) is 15.9. The third kappa shape index (κ3) is 8.23. The van der Waals surface area contributed by atoms with Crippen LogP contribution in [0.15, 0.2) is 18.2 Å². The summed E-state index contributed by atoms with van der Waals surface area (Å²) in [6.45, 7) is 2.01. The smallest absolute Gasteiger partial charge is 0.244 e. The molecule has 0 spiro atoms. The molecule has 6 nitrogen and oxygen atoms in total. The van der Waals surface area contributed by atoms with Crippen LogP contribution < -0.4 is 10.6 Å². The van der Waals surface area contributed by atoms with Gasteiger partial charge < -0.3 is 15.5 Å². The number of nitrogens with zero attached hydrogens (tertiary/aromatic N) is 1. The van der Waals surface area contributed by atoms with Gasteiger partial charge in [-0.25, -0.2) is 0 Å². The van der Waals surface area contributed by atoms with E-state index in [1.54, 1.807) is 25.2 Å². The van der Waals surface area contributed by atoms with Gasteiger partial charge in [-0.3, -0.25) is 14.4 Å². The van der Waals surface area contributed by atoms with Gasteiger partial charge in [-0.1, -0.05) is 35.7 Å². The van der Waals surface area contributed by atoms with Crippen LogP contribution in [0.3, 0.4) is 0 Å². The van der Waals surface area contributed by atoms with E-state index in [-0.39, 0.29) is 24.3 Å². The lowest BCUT2D eigenvalue weighted by atomic mass is 10.2. The van der Waals surface area contributed by atoms with Gasteiger partial charge in [0.05, 0.1) is 22.3 Å². The van der Waals surface area contributed by atoms with Crippen molar-refractivity contribution in [2.75, 3.05) is 25.5 Å². The van der Waals surface area contributed by atoms with E-state index in [0.29, 0.717) is 35.1 Å². The first kappa shape index (κ1) is 21.3. The number of carbonyl (C=O) groups is 3. The molecular formula is C17H23Cl2N3O3. The minimum absolute atomic E-state index is 0.0551. The van der Waals surface area contributed by atoms with Gasteiger partial charge in [0.1, 0.15) is 0 Å². The number of halogens is 2. The molecule has 1 aromatic rings. The van der Waals surface area contributed by atoms with Crippen LogP contribution in [0.1, 0.15) is 32.6 Å². The zero-order chi connectivity index (χ0) is 18.8. The van der Waals surface area contributed by atoms with Gasteiger partial charge >= 0.3 is 0 Å². The van der Waals surface area contributed by atoms with E-state index < -0.39 is 0 Å². The van der Waals surface area contributed by atoms with Gasteiger partial charge in [-0.05, 0) is 25.0 Å². The van der Waals surface area contributed by atoms with E-state index in [2.05, 4.69) is 10.6 Å². The number of hydrogen-bond donors (Lipinski definition) is 2. The summed E-state index contributed by atoms with van der Waals surface area (Å²) < 4.78 is 0. The average Bonchev–Trinajstić information content (AvgIpc) is 2.53. The van der Waals surface area contributed by atoms with Gasteiger partial charge in [0.2, 0.25) is 17.7 Å². The first-order chi connectivity index (χ1) is 11.8. The molecule has 8 heteroatoms. The molecule has 0 fully saturated rings. The molecule has 0 aromatic heterocycles. The Hall–Kier alpha value is -1.79. The van der Waals surface area contributed by atoms with Crippen molar-refractivity contribution in [1.29, 1.82) is 0 Å². The normalized spacial score (nSPS) is 10.2. The SMILES string of the molecule is CC(=O)NCCCCCC(=O)N(C)CC(=O)Nc1c(Cl)cccc1Cl. The van der Waals surface area contributed by atoms with Crippen molar-refractivity contribution in [1.82, 2.24) is 10.2 Å². The van der Waals surface area contributed by atoms with Crippen molar-refractivity contribution in [3.8, 4) is 0 Å². The zero-order valence-electron chi connectivity index (χ0n) is 14.4. The number of carbonyl (C=O) groups excluding carboxylic acids is 3. The van der Waals surface area contributed by atoms with Gasteiger partial charge in [-0.15, -0.1) is 0 Å². The number of unbranched alkanes of at least 4 members (excludes halogenated alkanes) is 2. The van der Waals surface area contributed by atoms with E-state index in [1.165, 1.54) is 11.8 Å². The highest BCUT2D eigenvalue weighted by atomic mass is 35.5. The largest absolute Gasteiger partial charge is 0.356 e. The molecular weight excluding hydrogens is 365 g/mol. The van der Waals surface area contributed by atoms with Gasteiger partial charge in [0.25, 0.3) is 0 Å². The maximum Gasteiger partial charge on any atom is 0.244 e. The van der Waals surface area contributed by atoms with Crippen LogP contribution in [-0.2, 0) is 14.4 Å². The Kier molecular flexibility index (Phi) is 9.31. The van der Waals surface area contributed by atoms with Crippen LogP contribution in [0.4, 0.5) is 5.69 Å². The van der Waals surface area contributed by atoms with E-state index in [4.69, 9.17) is 23.2 Å². The number of benzene rings is 1. The Morgan fingerprint density at radius 1 is 1.08 bits per heavy atom. The molecule has 0 heterocycles. The predicted molar refractivity (Wildman–Crippen MR) is 99.9 cm³/mol. The van der Waals surface area contributed by atoms with E-state index in [0.717, 1.165) is 12.8 Å². The molecule has 1 rings (SSSR count). The second kappa shape index (κ2) is 10.9. The van der Waals surface area contributed by atoms with Gasteiger partial charge in [0, 0.05) is 26.9 Å². The van der Waals surface area contributed by atoms with E-state index in [1.807, 2.05) is 0 Å². The predicted octanol–water partition coefficient (Wildman–Crippen LogP) is 3.09. The molecule has 0 saturated carbocycles. The molecule has 0 saturated heterocycles. The van der Waals surface area contributed by atoms with Gasteiger partial charge in [0.15, 0.2) is 0 Å². The number of para-hydroxylation sites is 1. The Morgan fingerprint density at radius 2 is 1.72 bits per heavy atom. The van der Waals surface area contributed by atoms with Gasteiger partial charge in [-0.2, -0.15) is 0 Å². The highest BCUT2D eigenvalue weighted by Gasteiger charge is 2.15. The van der Waals surface area contributed by atoms with Crippen LogP contribution in [0.2, 0.25) is 10.0 Å². The Balaban J connectivity index is 2.32. The van der Waals surface area contributed by atoms with E-state index in [9.17, 15) is 14.4 Å². The highest BCUT2D eigenvalue weighted by Crippen LogP contribution is 2.29. The number of anilines is 1. The second-order valence-electron chi connectivity index (χ2n) is 5.69. The van der Waals surface area contributed by atoms with E-state index >= 15 is 0 Å². The summed E-state index contributed by atoms with van der Waals surface area (Å²) in [5.74, 6) is -0.531. The molecule has 1 aromatic carbocycles. The molecule has 138 valence electrons. The molecule has 2 N–H and O–H groups in total. The topological polar surface area (TPSA) is 78.5 Å². The monoisotopic (exact) mass is 387 g/mol. The quantitative estimate of drug-likeness (QED) is 0.638. The maximum atomic E-state index is 12.0. The number of hydrogen-bond acceptors (Lipinski definition) is 3. The molecule has 0 aliphatic rings. The molecule has 0 radical (unpaired) electrons. The Morgan fingerprint density at radius 3 is 2.32 bits per heavy atom. The van der Waals surface area contributed by atoms with Crippen LogP contribution >= 0.6 is 23.2 Å². The summed E-state index contributed by atoms with van der Waals surface area (Å²) in [7, 11) is 1.58. The lowest BCUT2D eigenvalue weighted by Crippen LogP contribution is -2.34. The van der Waals surface area contributed by atoms with Crippen LogP contribution in [-0.4, -0.2) is 42.8 Å². The fraction of sp³-hybridized carbons (Fsp3) is 0.471. The summed E-state index contributed by atoms with van der Waals surface area (Å²) >= 11 is 12.0. The van der Waals surface area contributed by atoms with Crippen molar-refractivity contribution >= 4 is 46.6 Å². The third-order valence-corrected chi connectivity index (χ3v) is 4.11. The lowest BCUT2D eigenvalue weighted by molar-refractivity contribution is -0.133. The minimum Gasteiger partial charge on any atom is -0.356 e. The summed E-state index contributed by atoms with van der Waals surface area (Å²) in [6.07, 6.45) is 2.72. The first-order valence-electron chi connectivity index (χ1n) is 8.03. The molecule has 0 aliphatic carbocycles. The number of rotatable bonds is 9. The highest BCUT2D eigenvalue weighted by molar-refractivity contribution is 6.39.